The molecule has 3 aromatic carbocycles. The third-order valence-corrected chi connectivity index (χ3v) is 6.46. The molecule has 3 rings (SSSR count). The molecule has 0 atom stereocenters. The molecule has 0 heterocycles. The van der Waals surface area contributed by atoms with Gasteiger partial charge in [0.1, 0.15) is 11.6 Å². The van der Waals surface area contributed by atoms with Crippen LogP contribution in [0, 0.1) is 5.82 Å². The lowest BCUT2D eigenvalue weighted by molar-refractivity contribution is 0.0945. The molecule has 0 saturated heterocycles. The molecule has 1 amide bonds. The molecule has 32 heavy (non-hydrogen) atoms. The van der Waals surface area contributed by atoms with Crippen LogP contribution in [0.4, 0.5) is 10.1 Å². The Hall–Kier alpha value is -3.39. The number of carbonyl (C=O) groups is 1. The lowest BCUT2D eigenvalue weighted by Gasteiger charge is -2.26. The Labute approximate surface area is 187 Å². The fourth-order valence-electron chi connectivity index (χ4n) is 3.17. The van der Waals surface area contributed by atoms with E-state index in [-0.39, 0.29) is 23.2 Å². The number of methoxy groups -OCH3 is 1. The first-order valence-electron chi connectivity index (χ1n) is 9.92. The van der Waals surface area contributed by atoms with Gasteiger partial charge in [-0.05, 0) is 60.2 Å². The van der Waals surface area contributed by atoms with Gasteiger partial charge >= 0.3 is 0 Å². The Morgan fingerprint density at radius 1 is 0.969 bits per heavy atom. The van der Waals surface area contributed by atoms with Gasteiger partial charge in [0.05, 0.1) is 12.0 Å². The van der Waals surface area contributed by atoms with Crippen molar-refractivity contribution in [3.63, 3.8) is 0 Å². The summed E-state index contributed by atoms with van der Waals surface area (Å²) in [6.07, 6.45) is 0. The Morgan fingerprint density at radius 3 is 2.19 bits per heavy atom. The number of hydrogen-bond acceptors (Lipinski definition) is 4. The number of ether oxygens (including phenoxy) is 1. The van der Waals surface area contributed by atoms with Gasteiger partial charge in [-0.2, -0.15) is 0 Å². The Morgan fingerprint density at radius 2 is 1.59 bits per heavy atom. The van der Waals surface area contributed by atoms with Crippen LogP contribution in [0.1, 0.15) is 29.8 Å². The second-order valence-electron chi connectivity index (χ2n) is 7.90. The van der Waals surface area contributed by atoms with Crippen molar-refractivity contribution in [1.82, 2.24) is 5.32 Å². The van der Waals surface area contributed by atoms with E-state index in [1.165, 1.54) is 37.4 Å². The van der Waals surface area contributed by atoms with Crippen LogP contribution < -0.4 is 14.8 Å². The van der Waals surface area contributed by atoms with Crippen LogP contribution >= 0.6 is 0 Å². The van der Waals surface area contributed by atoms with Crippen LogP contribution in [0.2, 0.25) is 0 Å². The molecule has 0 bridgehead atoms. The highest BCUT2D eigenvalue weighted by Crippen LogP contribution is 2.25. The van der Waals surface area contributed by atoms with Crippen molar-refractivity contribution in [3.8, 4) is 5.75 Å². The van der Waals surface area contributed by atoms with E-state index in [4.69, 9.17) is 4.74 Å². The van der Waals surface area contributed by atoms with Crippen LogP contribution in [0.3, 0.4) is 0 Å². The van der Waals surface area contributed by atoms with Crippen LogP contribution in [-0.2, 0) is 15.4 Å². The summed E-state index contributed by atoms with van der Waals surface area (Å²) in [5.41, 5.74) is 0.583. The summed E-state index contributed by atoms with van der Waals surface area (Å²) < 4.78 is 46.9. The number of halogens is 1. The van der Waals surface area contributed by atoms with Crippen molar-refractivity contribution in [2.45, 2.75) is 24.2 Å². The molecule has 0 aliphatic rings. The molecule has 0 unspecified atom stereocenters. The molecule has 8 heteroatoms. The van der Waals surface area contributed by atoms with E-state index in [1.54, 1.807) is 42.5 Å². The van der Waals surface area contributed by atoms with Crippen molar-refractivity contribution >= 4 is 21.6 Å². The summed E-state index contributed by atoms with van der Waals surface area (Å²) in [5, 5.41) is 2.79. The normalized spacial score (nSPS) is 11.6. The van der Waals surface area contributed by atoms with Gasteiger partial charge in [0.25, 0.3) is 15.9 Å². The summed E-state index contributed by atoms with van der Waals surface area (Å²) >= 11 is 0. The van der Waals surface area contributed by atoms with Crippen LogP contribution in [0.25, 0.3) is 0 Å². The number of anilines is 1. The lowest BCUT2D eigenvalue weighted by atomic mass is 9.84. The maximum atomic E-state index is 14.1. The summed E-state index contributed by atoms with van der Waals surface area (Å²) in [6, 6.07) is 18.5. The summed E-state index contributed by atoms with van der Waals surface area (Å²) in [7, 11) is -2.29. The summed E-state index contributed by atoms with van der Waals surface area (Å²) in [5.74, 6) is -0.0892. The second-order valence-corrected chi connectivity index (χ2v) is 9.59. The zero-order chi connectivity index (χ0) is 23.4. The average molecular weight is 457 g/mol. The molecular formula is C24H25FN2O4S. The van der Waals surface area contributed by atoms with Crippen molar-refractivity contribution in [3.05, 3.63) is 89.7 Å². The summed E-state index contributed by atoms with van der Waals surface area (Å²) in [6.45, 7) is 3.89. The third-order valence-electron chi connectivity index (χ3n) is 5.06. The predicted molar refractivity (Wildman–Crippen MR) is 122 cm³/mol. The van der Waals surface area contributed by atoms with Crippen LogP contribution in [0.15, 0.2) is 77.7 Å². The van der Waals surface area contributed by atoms with E-state index in [9.17, 15) is 17.6 Å². The zero-order valence-electron chi connectivity index (χ0n) is 18.1. The van der Waals surface area contributed by atoms with Gasteiger partial charge in [0.15, 0.2) is 0 Å². The highest BCUT2D eigenvalue weighted by Gasteiger charge is 2.25. The topological polar surface area (TPSA) is 84.5 Å². The second kappa shape index (κ2) is 9.40. The van der Waals surface area contributed by atoms with Crippen LogP contribution in [0.5, 0.6) is 5.75 Å². The SMILES string of the molecule is COc1ccc(NS(=O)(=O)c2ccc(C(=O)NCC(C)(C)c3ccccc3F)cc2)cc1. The van der Waals surface area contributed by atoms with Crippen molar-refractivity contribution in [1.29, 1.82) is 0 Å². The summed E-state index contributed by atoms with van der Waals surface area (Å²) in [4.78, 5) is 12.6. The molecule has 168 valence electrons. The Kier molecular flexibility index (Phi) is 6.84. The lowest BCUT2D eigenvalue weighted by Crippen LogP contribution is -2.37. The van der Waals surface area contributed by atoms with Gasteiger partial charge in [0, 0.05) is 23.2 Å². The minimum Gasteiger partial charge on any atom is -0.497 e. The molecule has 0 fully saturated rings. The van der Waals surface area contributed by atoms with E-state index in [0.29, 0.717) is 22.6 Å². The van der Waals surface area contributed by atoms with E-state index in [0.717, 1.165) is 0 Å². The smallest absolute Gasteiger partial charge is 0.261 e. The molecule has 0 saturated carbocycles. The van der Waals surface area contributed by atoms with Gasteiger partial charge in [-0.3, -0.25) is 9.52 Å². The number of carbonyl (C=O) groups excluding carboxylic acids is 1. The Balaban J connectivity index is 1.66. The number of sulfonamides is 1. The Bertz CT molecular complexity index is 1190. The predicted octanol–water partition coefficient (Wildman–Crippen LogP) is 4.34. The fraction of sp³-hybridized carbons (Fsp3) is 0.208. The van der Waals surface area contributed by atoms with Gasteiger partial charge in [-0.1, -0.05) is 32.0 Å². The fourth-order valence-corrected chi connectivity index (χ4v) is 4.23. The highest BCUT2D eigenvalue weighted by atomic mass is 32.2. The van der Waals surface area contributed by atoms with E-state index in [1.807, 2.05) is 13.8 Å². The standard InChI is InChI=1S/C24H25FN2O4S/c1-24(2,21-6-4-5-7-22(21)25)16-26-23(28)17-8-14-20(15-9-17)32(29,30)27-18-10-12-19(31-3)13-11-18/h4-15,27H,16H2,1-3H3,(H,26,28). The molecular weight excluding hydrogens is 431 g/mol. The molecule has 6 nitrogen and oxygen atoms in total. The first-order valence-corrected chi connectivity index (χ1v) is 11.4. The average Bonchev–Trinajstić information content (AvgIpc) is 2.78. The molecule has 0 aliphatic heterocycles. The van der Waals surface area contributed by atoms with Gasteiger partial charge in [-0.15, -0.1) is 0 Å². The number of benzene rings is 3. The number of rotatable bonds is 8. The molecule has 0 aliphatic carbocycles. The molecule has 0 radical (unpaired) electrons. The molecule has 2 N–H and O–H groups in total. The minimum absolute atomic E-state index is 0.0246. The van der Waals surface area contributed by atoms with E-state index >= 15 is 0 Å². The molecule has 3 aromatic rings. The van der Waals surface area contributed by atoms with Crippen molar-refractivity contribution < 1.29 is 22.3 Å². The first kappa shape index (κ1) is 23.3. The number of hydrogen-bond donors (Lipinski definition) is 2. The van der Waals surface area contributed by atoms with Crippen LogP contribution in [-0.4, -0.2) is 28.0 Å². The number of amides is 1. The molecule has 0 spiro atoms. The monoisotopic (exact) mass is 456 g/mol. The minimum atomic E-state index is -3.82. The largest absolute Gasteiger partial charge is 0.497 e. The number of nitrogens with one attached hydrogen (secondary N) is 2. The maximum absolute atomic E-state index is 14.1. The zero-order valence-corrected chi connectivity index (χ0v) is 18.9. The molecule has 0 aromatic heterocycles. The highest BCUT2D eigenvalue weighted by molar-refractivity contribution is 7.92. The quantitative estimate of drug-likeness (QED) is 0.528. The van der Waals surface area contributed by atoms with Gasteiger partial charge in [-0.25, -0.2) is 12.8 Å². The van der Waals surface area contributed by atoms with Gasteiger partial charge < -0.3 is 10.1 Å². The van der Waals surface area contributed by atoms with Crippen molar-refractivity contribution in [2.75, 3.05) is 18.4 Å². The van der Waals surface area contributed by atoms with Gasteiger partial charge in [0.2, 0.25) is 0 Å². The maximum Gasteiger partial charge on any atom is 0.261 e. The third kappa shape index (κ3) is 5.45. The van der Waals surface area contributed by atoms with Crippen molar-refractivity contribution in [2.24, 2.45) is 0 Å². The first-order chi connectivity index (χ1) is 15.1. The van der Waals surface area contributed by atoms with E-state index in [2.05, 4.69) is 10.0 Å². The van der Waals surface area contributed by atoms with E-state index < -0.39 is 15.4 Å².